The van der Waals surface area contributed by atoms with Crippen molar-refractivity contribution < 1.29 is 24.1 Å². The molecule has 2 aromatic carbocycles. The Bertz CT molecular complexity index is 823. The molecule has 0 heterocycles. The van der Waals surface area contributed by atoms with Crippen molar-refractivity contribution in [3.63, 3.8) is 0 Å². The Labute approximate surface area is 158 Å². The number of carbonyl (C=O) groups is 1. The Morgan fingerprint density at radius 3 is 2.30 bits per heavy atom. The molecule has 0 aliphatic heterocycles. The quantitative estimate of drug-likeness (QED) is 0.576. The van der Waals surface area contributed by atoms with Crippen LogP contribution >= 0.6 is 0 Å². The van der Waals surface area contributed by atoms with Crippen LogP contribution in [0.1, 0.15) is 23.6 Å². The number of nitrogens with zero attached hydrogens (tertiary/aromatic N) is 1. The summed E-state index contributed by atoms with van der Waals surface area (Å²) in [6, 6.07) is 8.80. The van der Waals surface area contributed by atoms with Crippen LogP contribution in [-0.2, 0) is 4.79 Å². The fraction of sp³-hybridized carbons (Fsp3) is 0.300. The SMILES string of the molecule is COc1cc(/C=N/NC(=O)C(C)Oc2ccc(C)c(C)c2)cc(OC)c1O. The molecule has 27 heavy (non-hydrogen) atoms. The van der Waals surface area contributed by atoms with Crippen LogP contribution in [0.3, 0.4) is 0 Å². The van der Waals surface area contributed by atoms with Gasteiger partial charge in [-0.3, -0.25) is 4.79 Å². The number of ether oxygens (including phenoxy) is 3. The van der Waals surface area contributed by atoms with E-state index in [1.165, 1.54) is 20.4 Å². The summed E-state index contributed by atoms with van der Waals surface area (Å²) in [6.07, 6.45) is 0.707. The Morgan fingerprint density at radius 2 is 1.74 bits per heavy atom. The number of phenols is 1. The van der Waals surface area contributed by atoms with E-state index in [2.05, 4.69) is 10.5 Å². The van der Waals surface area contributed by atoms with Crippen LogP contribution in [0.2, 0.25) is 0 Å². The molecule has 1 amide bonds. The molecule has 0 bridgehead atoms. The maximum absolute atomic E-state index is 12.2. The number of carbonyl (C=O) groups excluding carboxylic acids is 1. The molecule has 7 heteroatoms. The molecule has 1 atom stereocenters. The first-order chi connectivity index (χ1) is 12.8. The second-order valence-electron chi connectivity index (χ2n) is 6.01. The first kappa shape index (κ1) is 20.1. The topological polar surface area (TPSA) is 89.4 Å². The lowest BCUT2D eigenvalue weighted by Gasteiger charge is -2.14. The highest BCUT2D eigenvalue weighted by Gasteiger charge is 2.14. The zero-order chi connectivity index (χ0) is 20.0. The summed E-state index contributed by atoms with van der Waals surface area (Å²) in [5.41, 5.74) is 5.26. The molecule has 0 saturated carbocycles. The van der Waals surface area contributed by atoms with Gasteiger partial charge in [0, 0.05) is 5.56 Å². The van der Waals surface area contributed by atoms with Crippen LogP contribution in [0, 0.1) is 13.8 Å². The van der Waals surface area contributed by atoms with Gasteiger partial charge in [0.25, 0.3) is 5.91 Å². The number of phenolic OH excluding ortho intramolecular Hbond substituents is 1. The molecule has 144 valence electrons. The number of hydrogen-bond acceptors (Lipinski definition) is 6. The van der Waals surface area contributed by atoms with Crippen LogP contribution in [0.5, 0.6) is 23.0 Å². The number of nitrogens with one attached hydrogen (secondary N) is 1. The molecule has 2 N–H and O–H groups in total. The van der Waals surface area contributed by atoms with Gasteiger partial charge < -0.3 is 19.3 Å². The fourth-order valence-electron chi connectivity index (χ4n) is 2.29. The van der Waals surface area contributed by atoms with E-state index in [4.69, 9.17) is 14.2 Å². The van der Waals surface area contributed by atoms with Crippen LogP contribution in [-0.4, -0.2) is 37.6 Å². The number of aryl methyl sites for hydroxylation is 2. The zero-order valence-corrected chi connectivity index (χ0v) is 16.1. The Kier molecular flexibility index (Phi) is 6.65. The number of hydrazone groups is 1. The van der Waals surface area contributed by atoms with Gasteiger partial charge in [0.2, 0.25) is 5.75 Å². The maximum Gasteiger partial charge on any atom is 0.280 e. The lowest BCUT2D eigenvalue weighted by molar-refractivity contribution is -0.127. The van der Waals surface area contributed by atoms with Gasteiger partial charge >= 0.3 is 0 Å². The molecule has 2 rings (SSSR count). The average molecular weight is 372 g/mol. The van der Waals surface area contributed by atoms with Crippen molar-refractivity contribution in [3.8, 4) is 23.0 Å². The van der Waals surface area contributed by atoms with Crippen LogP contribution in [0.4, 0.5) is 0 Å². The average Bonchev–Trinajstić information content (AvgIpc) is 2.65. The Morgan fingerprint density at radius 1 is 1.11 bits per heavy atom. The van der Waals surface area contributed by atoms with E-state index in [-0.39, 0.29) is 23.2 Å². The molecule has 0 fully saturated rings. The van der Waals surface area contributed by atoms with Gasteiger partial charge in [-0.05, 0) is 56.2 Å². The van der Waals surface area contributed by atoms with E-state index in [0.717, 1.165) is 11.1 Å². The van der Waals surface area contributed by atoms with Gasteiger partial charge in [0.15, 0.2) is 17.6 Å². The summed E-state index contributed by atoms with van der Waals surface area (Å²) in [6.45, 7) is 5.64. The van der Waals surface area contributed by atoms with E-state index >= 15 is 0 Å². The largest absolute Gasteiger partial charge is 0.502 e. The van der Waals surface area contributed by atoms with Gasteiger partial charge in [-0.1, -0.05) is 6.07 Å². The van der Waals surface area contributed by atoms with Crippen molar-refractivity contribution in [2.75, 3.05) is 14.2 Å². The van der Waals surface area contributed by atoms with Crippen LogP contribution < -0.4 is 19.6 Å². The summed E-state index contributed by atoms with van der Waals surface area (Å²) in [5.74, 6) is 0.624. The molecule has 0 aliphatic carbocycles. The van der Waals surface area contributed by atoms with Gasteiger partial charge in [-0.2, -0.15) is 5.10 Å². The number of hydrogen-bond donors (Lipinski definition) is 2. The van der Waals surface area contributed by atoms with E-state index < -0.39 is 6.10 Å². The monoisotopic (exact) mass is 372 g/mol. The maximum atomic E-state index is 12.2. The number of amides is 1. The second-order valence-corrected chi connectivity index (χ2v) is 6.01. The number of methoxy groups -OCH3 is 2. The third-order valence-electron chi connectivity index (χ3n) is 4.05. The van der Waals surface area contributed by atoms with E-state index in [1.807, 2.05) is 32.0 Å². The predicted octanol–water partition coefficient (Wildman–Crippen LogP) is 2.94. The minimum absolute atomic E-state index is 0.100. The molecule has 1 unspecified atom stereocenters. The number of benzene rings is 2. The number of aromatic hydroxyl groups is 1. The van der Waals surface area contributed by atoms with E-state index in [1.54, 1.807) is 19.1 Å². The number of rotatable bonds is 7. The van der Waals surface area contributed by atoms with Crippen molar-refractivity contribution in [1.82, 2.24) is 5.43 Å². The summed E-state index contributed by atoms with van der Waals surface area (Å²) in [5, 5.41) is 13.8. The molecule has 0 spiro atoms. The van der Waals surface area contributed by atoms with Gasteiger partial charge in [-0.25, -0.2) is 5.43 Å². The summed E-state index contributed by atoms with van der Waals surface area (Å²) >= 11 is 0. The van der Waals surface area contributed by atoms with Crippen LogP contribution in [0.15, 0.2) is 35.4 Å². The normalized spacial score (nSPS) is 11.9. The summed E-state index contributed by atoms with van der Waals surface area (Å²) in [4.78, 5) is 12.2. The molecule has 0 aromatic heterocycles. The second kappa shape index (κ2) is 8.93. The first-order valence-corrected chi connectivity index (χ1v) is 8.37. The molecule has 0 saturated heterocycles. The Hall–Kier alpha value is -3.22. The van der Waals surface area contributed by atoms with Gasteiger partial charge in [0.1, 0.15) is 5.75 Å². The van der Waals surface area contributed by atoms with Crippen molar-refractivity contribution in [1.29, 1.82) is 0 Å². The summed E-state index contributed by atoms with van der Waals surface area (Å²) in [7, 11) is 2.87. The lowest BCUT2D eigenvalue weighted by Crippen LogP contribution is -2.33. The minimum atomic E-state index is -0.715. The standard InChI is InChI=1S/C20H24N2O5/c1-12-6-7-16(8-13(12)2)27-14(3)20(24)22-21-11-15-9-17(25-4)19(23)18(10-15)26-5/h6-11,14,23H,1-5H3,(H,22,24)/b21-11+. The van der Waals surface area contributed by atoms with E-state index in [0.29, 0.717) is 11.3 Å². The van der Waals surface area contributed by atoms with Crippen molar-refractivity contribution in [2.45, 2.75) is 26.9 Å². The third kappa shape index (κ3) is 5.13. The van der Waals surface area contributed by atoms with E-state index in [9.17, 15) is 9.90 Å². The van der Waals surface area contributed by atoms with Crippen LogP contribution in [0.25, 0.3) is 0 Å². The molecule has 0 aliphatic rings. The van der Waals surface area contributed by atoms with Gasteiger partial charge in [0.05, 0.1) is 20.4 Å². The predicted molar refractivity (Wildman–Crippen MR) is 103 cm³/mol. The highest BCUT2D eigenvalue weighted by molar-refractivity contribution is 5.85. The third-order valence-corrected chi connectivity index (χ3v) is 4.05. The fourth-order valence-corrected chi connectivity index (χ4v) is 2.29. The van der Waals surface area contributed by atoms with Crippen molar-refractivity contribution in [2.24, 2.45) is 5.10 Å². The molecular weight excluding hydrogens is 348 g/mol. The van der Waals surface area contributed by atoms with Crippen molar-refractivity contribution >= 4 is 12.1 Å². The molecule has 2 aromatic rings. The minimum Gasteiger partial charge on any atom is -0.502 e. The molecular formula is C20H24N2O5. The van der Waals surface area contributed by atoms with Crippen molar-refractivity contribution in [3.05, 3.63) is 47.0 Å². The first-order valence-electron chi connectivity index (χ1n) is 8.37. The zero-order valence-electron chi connectivity index (χ0n) is 16.1. The highest BCUT2D eigenvalue weighted by Crippen LogP contribution is 2.36. The molecule has 0 radical (unpaired) electrons. The lowest BCUT2D eigenvalue weighted by atomic mass is 10.1. The smallest absolute Gasteiger partial charge is 0.280 e. The van der Waals surface area contributed by atoms with Gasteiger partial charge in [-0.15, -0.1) is 0 Å². The Balaban J connectivity index is 2.00. The molecule has 7 nitrogen and oxygen atoms in total. The summed E-state index contributed by atoms with van der Waals surface area (Å²) < 4.78 is 15.8. The highest BCUT2D eigenvalue weighted by atomic mass is 16.5.